The normalized spacial score (nSPS) is 11.1. The van der Waals surface area contributed by atoms with Gasteiger partial charge in [-0.25, -0.2) is 4.79 Å². The molecule has 1 aromatic rings. The van der Waals surface area contributed by atoms with Crippen LogP contribution in [0.2, 0.25) is 0 Å². The number of carbonyl (C=O) groups excluding carboxylic acids is 1. The number of carbonyl (C=O) groups is 1. The number of aryl methyl sites for hydroxylation is 1. The summed E-state index contributed by atoms with van der Waals surface area (Å²) in [7, 11) is 0. The monoisotopic (exact) mass is 248 g/mol. The Morgan fingerprint density at radius 3 is 2.06 bits per heavy atom. The molecule has 0 bridgehead atoms. The minimum absolute atomic E-state index is 0.216. The van der Waals surface area contributed by atoms with Crippen molar-refractivity contribution in [2.24, 2.45) is 0 Å². The fourth-order valence-electron chi connectivity index (χ4n) is 2.18. The largest absolute Gasteiger partial charge is 0.462 e. The maximum absolute atomic E-state index is 11.9. The van der Waals surface area contributed by atoms with Gasteiger partial charge in [0.05, 0.1) is 12.2 Å². The van der Waals surface area contributed by atoms with Crippen molar-refractivity contribution in [3.05, 3.63) is 34.4 Å². The van der Waals surface area contributed by atoms with E-state index in [9.17, 15) is 4.79 Å². The van der Waals surface area contributed by atoms with Gasteiger partial charge in [0.1, 0.15) is 0 Å². The van der Waals surface area contributed by atoms with E-state index in [1.54, 1.807) is 0 Å². The summed E-state index contributed by atoms with van der Waals surface area (Å²) >= 11 is 0. The van der Waals surface area contributed by atoms with Gasteiger partial charge >= 0.3 is 5.97 Å². The maximum atomic E-state index is 11.9. The number of hydrogen-bond donors (Lipinski definition) is 0. The summed E-state index contributed by atoms with van der Waals surface area (Å²) in [5.41, 5.74) is 4.28. The molecule has 0 aliphatic rings. The lowest BCUT2D eigenvalue weighted by atomic mass is 9.87. The molecule has 2 heteroatoms. The third kappa shape index (κ3) is 3.12. The zero-order valence-corrected chi connectivity index (χ0v) is 12.3. The first-order valence-corrected chi connectivity index (χ1v) is 6.70. The van der Waals surface area contributed by atoms with E-state index < -0.39 is 0 Å². The first kappa shape index (κ1) is 14.7. The fraction of sp³-hybridized carbons (Fsp3) is 0.562. The highest BCUT2D eigenvalue weighted by Crippen LogP contribution is 2.29. The Kier molecular flexibility index (Phi) is 4.94. The molecule has 0 saturated carbocycles. The SMILES string of the molecule is CCOC(=O)c1cc(C(C)C)c(C(C)C)cc1C. The molecule has 1 aromatic carbocycles. The maximum Gasteiger partial charge on any atom is 0.338 e. The van der Waals surface area contributed by atoms with E-state index in [1.165, 1.54) is 11.1 Å². The molecule has 2 nitrogen and oxygen atoms in total. The van der Waals surface area contributed by atoms with Gasteiger partial charge in [-0.2, -0.15) is 0 Å². The van der Waals surface area contributed by atoms with Crippen molar-refractivity contribution in [1.29, 1.82) is 0 Å². The standard InChI is InChI=1S/C16H24O2/c1-7-18-16(17)15-9-14(11(4)5)13(10(2)3)8-12(15)6/h8-11H,7H2,1-6H3. The lowest BCUT2D eigenvalue weighted by molar-refractivity contribution is 0.0525. The third-order valence-corrected chi connectivity index (χ3v) is 3.17. The van der Waals surface area contributed by atoms with Crippen molar-refractivity contribution in [3.8, 4) is 0 Å². The van der Waals surface area contributed by atoms with Crippen LogP contribution < -0.4 is 0 Å². The highest BCUT2D eigenvalue weighted by atomic mass is 16.5. The van der Waals surface area contributed by atoms with Gasteiger partial charge in [0.15, 0.2) is 0 Å². The Labute approximate surface area is 110 Å². The van der Waals surface area contributed by atoms with Crippen LogP contribution in [0.5, 0.6) is 0 Å². The molecule has 100 valence electrons. The molecule has 0 amide bonds. The molecule has 0 atom stereocenters. The second-order valence-corrected chi connectivity index (χ2v) is 5.33. The van der Waals surface area contributed by atoms with E-state index >= 15 is 0 Å². The number of benzene rings is 1. The van der Waals surface area contributed by atoms with Gasteiger partial charge in [0.25, 0.3) is 0 Å². The molecule has 0 radical (unpaired) electrons. The minimum Gasteiger partial charge on any atom is -0.462 e. The van der Waals surface area contributed by atoms with Crippen molar-refractivity contribution in [2.45, 2.75) is 53.4 Å². The zero-order chi connectivity index (χ0) is 13.9. The summed E-state index contributed by atoms with van der Waals surface area (Å²) in [6, 6.07) is 4.14. The van der Waals surface area contributed by atoms with Crippen LogP contribution in [0.1, 0.15) is 73.5 Å². The van der Waals surface area contributed by atoms with Crippen LogP contribution >= 0.6 is 0 Å². The summed E-state index contributed by atoms with van der Waals surface area (Å²) in [5, 5.41) is 0. The molecule has 0 aliphatic carbocycles. The number of rotatable bonds is 4. The van der Waals surface area contributed by atoms with Crippen LogP contribution in [0.25, 0.3) is 0 Å². The van der Waals surface area contributed by atoms with Gasteiger partial charge in [0, 0.05) is 0 Å². The second-order valence-electron chi connectivity index (χ2n) is 5.33. The number of hydrogen-bond acceptors (Lipinski definition) is 2. The molecule has 18 heavy (non-hydrogen) atoms. The van der Waals surface area contributed by atoms with Crippen LogP contribution in [0.3, 0.4) is 0 Å². The van der Waals surface area contributed by atoms with Crippen molar-refractivity contribution in [1.82, 2.24) is 0 Å². The van der Waals surface area contributed by atoms with E-state index in [0.717, 1.165) is 5.56 Å². The van der Waals surface area contributed by atoms with Gasteiger partial charge in [0.2, 0.25) is 0 Å². The summed E-state index contributed by atoms with van der Waals surface area (Å²) in [5.74, 6) is 0.667. The average molecular weight is 248 g/mol. The molecular weight excluding hydrogens is 224 g/mol. The third-order valence-electron chi connectivity index (χ3n) is 3.17. The summed E-state index contributed by atoms with van der Waals surface area (Å²) in [6.45, 7) is 12.9. The fourth-order valence-corrected chi connectivity index (χ4v) is 2.18. The van der Waals surface area contributed by atoms with Crippen molar-refractivity contribution in [3.63, 3.8) is 0 Å². The molecule has 0 aliphatic heterocycles. The van der Waals surface area contributed by atoms with Crippen LogP contribution in [0.4, 0.5) is 0 Å². The zero-order valence-electron chi connectivity index (χ0n) is 12.3. The molecule has 1 rings (SSSR count). The smallest absolute Gasteiger partial charge is 0.338 e. The van der Waals surface area contributed by atoms with E-state index in [0.29, 0.717) is 24.0 Å². The van der Waals surface area contributed by atoms with Crippen LogP contribution in [-0.4, -0.2) is 12.6 Å². The summed E-state index contributed by atoms with van der Waals surface area (Å²) in [4.78, 5) is 11.9. The van der Waals surface area contributed by atoms with Crippen molar-refractivity contribution >= 4 is 5.97 Å². The topological polar surface area (TPSA) is 26.3 Å². The second kappa shape index (κ2) is 6.03. The van der Waals surface area contributed by atoms with E-state index in [1.807, 2.05) is 19.9 Å². The minimum atomic E-state index is -0.216. The van der Waals surface area contributed by atoms with Crippen LogP contribution in [0.15, 0.2) is 12.1 Å². The van der Waals surface area contributed by atoms with E-state index in [2.05, 4.69) is 33.8 Å². The Morgan fingerprint density at radius 1 is 1.11 bits per heavy atom. The van der Waals surface area contributed by atoms with Crippen LogP contribution in [-0.2, 0) is 4.74 Å². The molecule has 0 fully saturated rings. The van der Waals surface area contributed by atoms with Crippen molar-refractivity contribution < 1.29 is 9.53 Å². The molecule has 0 spiro atoms. The van der Waals surface area contributed by atoms with Gasteiger partial charge in [-0.1, -0.05) is 33.8 Å². The molecule has 0 aromatic heterocycles. The van der Waals surface area contributed by atoms with Gasteiger partial charge in [-0.3, -0.25) is 0 Å². The average Bonchev–Trinajstić information content (AvgIpc) is 2.28. The molecule has 0 unspecified atom stereocenters. The van der Waals surface area contributed by atoms with E-state index in [-0.39, 0.29) is 5.97 Å². The summed E-state index contributed by atoms with van der Waals surface area (Å²) in [6.07, 6.45) is 0. The molecule has 0 N–H and O–H groups in total. The lowest BCUT2D eigenvalue weighted by Gasteiger charge is -2.19. The lowest BCUT2D eigenvalue weighted by Crippen LogP contribution is -2.10. The van der Waals surface area contributed by atoms with Crippen LogP contribution in [0, 0.1) is 6.92 Å². The Bertz CT molecular complexity index is 431. The van der Waals surface area contributed by atoms with Gasteiger partial charge in [-0.05, 0) is 48.4 Å². The number of ether oxygens (including phenoxy) is 1. The Morgan fingerprint density at radius 2 is 1.61 bits per heavy atom. The van der Waals surface area contributed by atoms with E-state index in [4.69, 9.17) is 4.74 Å². The van der Waals surface area contributed by atoms with Gasteiger partial charge < -0.3 is 4.74 Å². The highest BCUT2D eigenvalue weighted by molar-refractivity contribution is 5.91. The first-order chi connectivity index (χ1) is 8.38. The Balaban J connectivity index is 3.31. The Hall–Kier alpha value is -1.31. The quantitative estimate of drug-likeness (QED) is 0.737. The molecular formula is C16H24O2. The predicted molar refractivity (Wildman–Crippen MR) is 75.3 cm³/mol. The number of esters is 1. The molecule has 0 saturated heterocycles. The first-order valence-electron chi connectivity index (χ1n) is 6.70. The van der Waals surface area contributed by atoms with Gasteiger partial charge in [-0.15, -0.1) is 0 Å². The highest BCUT2D eigenvalue weighted by Gasteiger charge is 2.17. The molecule has 0 heterocycles. The summed E-state index contributed by atoms with van der Waals surface area (Å²) < 4.78 is 5.10. The van der Waals surface area contributed by atoms with Crippen molar-refractivity contribution in [2.75, 3.05) is 6.61 Å². The predicted octanol–water partition coefficient (Wildman–Crippen LogP) is 4.42.